The highest BCUT2D eigenvalue weighted by molar-refractivity contribution is 5.94. The summed E-state index contributed by atoms with van der Waals surface area (Å²) in [5, 5.41) is 12.6. The lowest BCUT2D eigenvalue weighted by Gasteiger charge is -2.40. The summed E-state index contributed by atoms with van der Waals surface area (Å²) >= 11 is 0. The maximum atomic E-state index is 13.6. The summed E-state index contributed by atoms with van der Waals surface area (Å²) < 4.78 is 10.8. The first kappa shape index (κ1) is 24.7. The van der Waals surface area contributed by atoms with Crippen LogP contribution in [0.2, 0.25) is 0 Å². The minimum Gasteiger partial charge on any atom is -0.479 e. The largest absolute Gasteiger partial charge is 0.479 e. The van der Waals surface area contributed by atoms with Crippen molar-refractivity contribution in [2.45, 2.75) is 50.1 Å². The first-order chi connectivity index (χ1) is 16.8. The van der Waals surface area contributed by atoms with Crippen molar-refractivity contribution in [3.8, 4) is 11.1 Å². The van der Waals surface area contributed by atoms with Crippen LogP contribution in [0.15, 0.2) is 48.5 Å². The molecule has 8 heteroatoms. The van der Waals surface area contributed by atoms with E-state index in [9.17, 15) is 19.5 Å². The van der Waals surface area contributed by atoms with Crippen molar-refractivity contribution in [1.29, 1.82) is 0 Å². The number of methoxy groups -OCH3 is 1. The van der Waals surface area contributed by atoms with Crippen LogP contribution in [0.4, 0.5) is 4.79 Å². The average Bonchev–Trinajstić information content (AvgIpc) is 3.42. The van der Waals surface area contributed by atoms with E-state index in [1.807, 2.05) is 36.4 Å². The molecule has 4 rings (SSSR count). The summed E-state index contributed by atoms with van der Waals surface area (Å²) in [6, 6.07) is 16.1. The maximum absolute atomic E-state index is 13.6. The number of aliphatic carboxylic acids is 1. The van der Waals surface area contributed by atoms with Gasteiger partial charge >= 0.3 is 12.1 Å². The van der Waals surface area contributed by atoms with E-state index in [1.165, 1.54) is 12.0 Å². The van der Waals surface area contributed by atoms with E-state index in [0.717, 1.165) is 22.3 Å². The average molecular weight is 481 g/mol. The smallest absolute Gasteiger partial charge is 0.408 e. The van der Waals surface area contributed by atoms with E-state index in [1.54, 1.807) is 13.8 Å². The Balaban J connectivity index is 1.48. The van der Waals surface area contributed by atoms with Crippen molar-refractivity contribution in [2.24, 2.45) is 0 Å². The number of amides is 2. The van der Waals surface area contributed by atoms with Crippen molar-refractivity contribution in [3.63, 3.8) is 0 Å². The number of rotatable bonds is 8. The van der Waals surface area contributed by atoms with Crippen molar-refractivity contribution in [3.05, 3.63) is 59.7 Å². The Morgan fingerprint density at radius 1 is 1.11 bits per heavy atom. The number of ether oxygens (including phenoxy) is 2. The van der Waals surface area contributed by atoms with Crippen LogP contribution in [0.1, 0.15) is 50.2 Å². The number of carbonyl (C=O) groups excluding carboxylic acids is 2. The number of fused-ring (bicyclic) bond motifs is 3. The minimum absolute atomic E-state index is 0.100. The van der Waals surface area contributed by atoms with E-state index in [0.29, 0.717) is 12.8 Å². The zero-order valence-electron chi connectivity index (χ0n) is 20.4. The van der Waals surface area contributed by atoms with Crippen molar-refractivity contribution in [1.82, 2.24) is 10.2 Å². The molecule has 2 atom stereocenters. The topological polar surface area (TPSA) is 105 Å². The summed E-state index contributed by atoms with van der Waals surface area (Å²) in [6.07, 6.45) is 0.407. The Hall–Kier alpha value is -3.39. The molecule has 2 N–H and O–H groups in total. The summed E-state index contributed by atoms with van der Waals surface area (Å²) in [5.74, 6) is -1.66. The number of carboxylic acid groups (broad SMARTS) is 1. The Morgan fingerprint density at radius 2 is 1.71 bits per heavy atom. The Kier molecular flexibility index (Phi) is 6.85. The molecule has 2 aromatic carbocycles. The molecule has 1 fully saturated rings. The molecule has 2 aliphatic rings. The number of benzene rings is 2. The van der Waals surface area contributed by atoms with Gasteiger partial charge in [0.25, 0.3) is 0 Å². The summed E-state index contributed by atoms with van der Waals surface area (Å²) in [6.45, 7) is 3.68. The number of carbonyl (C=O) groups is 3. The molecule has 2 unspecified atom stereocenters. The van der Waals surface area contributed by atoms with Crippen LogP contribution >= 0.6 is 0 Å². The molecule has 35 heavy (non-hydrogen) atoms. The number of likely N-dealkylation sites (tertiary alicyclic amines) is 1. The van der Waals surface area contributed by atoms with E-state index < -0.39 is 29.0 Å². The van der Waals surface area contributed by atoms with Gasteiger partial charge in [0, 0.05) is 19.6 Å². The van der Waals surface area contributed by atoms with Crippen LogP contribution in [0, 0.1) is 0 Å². The highest BCUT2D eigenvalue weighted by Crippen LogP contribution is 2.44. The van der Waals surface area contributed by atoms with Gasteiger partial charge in [-0.15, -0.1) is 0 Å². The van der Waals surface area contributed by atoms with Gasteiger partial charge in [0.15, 0.2) is 5.54 Å². The minimum atomic E-state index is -1.44. The number of alkyl carbamates (subject to hydrolysis) is 1. The van der Waals surface area contributed by atoms with Crippen molar-refractivity contribution >= 4 is 18.0 Å². The molecular formula is C27H32N2O6. The second-order valence-corrected chi connectivity index (χ2v) is 9.47. The van der Waals surface area contributed by atoms with Gasteiger partial charge in [0.2, 0.25) is 5.91 Å². The predicted octanol–water partition coefficient (Wildman–Crippen LogP) is 3.79. The Labute approximate surface area is 205 Å². The standard InChI is InChI=1S/C27H32N2O6/c1-4-26(2,23(30)29-15-9-14-27(29,17-34-3)24(31)32)28-25(33)35-16-22-20-12-7-5-10-18(20)19-11-6-8-13-21(19)22/h5-8,10-13,22H,4,9,14-17H2,1-3H3,(H,28,33)(H,31,32). The molecule has 0 spiro atoms. The Bertz CT molecular complexity index is 1090. The fourth-order valence-electron chi connectivity index (χ4n) is 5.30. The van der Waals surface area contributed by atoms with Gasteiger partial charge in [-0.25, -0.2) is 9.59 Å². The first-order valence-corrected chi connectivity index (χ1v) is 11.9. The zero-order valence-corrected chi connectivity index (χ0v) is 20.4. The van der Waals surface area contributed by atoms with Crippen LogP contribution in [0.3, 0.4) is 0 Å². The molecule has 0 aromatic heterocycles. The lowest BCUT2D eigenvalue weighted by molar-refractivity contribution is -0.162. The molecule has 0 bridgehead atoms. The molecule has 8 nitrogen and oxygen atoms in total. The number of carboxylic acids is 1. The fourth-order valence-corrected chi connectivity index (χ4v) is 5.30. The highest BCUT2D eigenvalue weighted by Gasteiger charge is 2.53. The van der Waals surface area contributed by atoms with Crippen molar-refractivity contribution in [2.75, 3.05) is 26.9 Å². The molecule has 1 saturated heterocycles. The Morgan fingerprint density at radius 3 is 2.26 bits per heavy atom. The van der Waals surface area contributed by atoms with Crippen LogP contribution in [-0.4, -0.2) is 65.9 Å². The molecule has 2 aromatic rings. The van der Waals surface area contributed by atoms with Crippen LogP contribution < -0.4 is 5.32 Å². The van der Waals surface area contributed by atoms with E-state index >= 15 is 0 Å². The lowest BCUT2D eigenvalue weighted by atomic mass is 9.92. The van der Waals surface area contributed by atoms with Gasteiger partial charge in [-0.3, -0.25) is 4.79 Å². The summed E-state index contributed by atoms with van der Waals surface area (Å²) in [7, 11) is 1.42. The zero-order chi connectivity index (χ0) is 25.2. The predicted molar refractivity (Wildman–Crippen MR) is 130 cm³/mol. The SMILES string of the molecule is CCC(C)(NC(=O)OCC1c2ccccc2-c2ccccc21)C(=O)N1CCCC1(COC)C(=O)O. The molecule has 1 aliphatic carbocycles. The maximum Gasteiger partial charge on any atom is 0.408 e. The van der Waals surface area contributed by atoms with Crippen LogP contribution in [0.25, 0.3) is 11.1 Å². The van der Waals surface area contributed by atoms with Gasteiger partial charge < -0.3 is 24.8 Å². The summed E-state index contributed by atoms with van der Waals surface area (Å²) in [4.78, 5) is 39.9. The quantitative estimate of drug-likeness (QED) is 0.596. The number of nitrogens with one attached hydrogen (secondary N) is 1. The van der Waals surface area contributed by atoms with Gasteiger partial charge in [0.1, 0.15) is 12.1 Å². The van der Waals surface area contributed by atoms with Crippen molar-refractivity contribution < 1.29 is 29.0 Å². The molecule has 0 radical (unpaired) electrons. The monoisotopic (exact) mass is 480 g/mol. The van der Waals surface area contributed by atoms with Gasteiger partial charge in [0.05, 0.1) is 6.61 Å². The van der Waals surface area contributed by atoms with E-state index in [2.05, 4.69) is 17.4 Å². The van der Waals surface area contributed by atoms with E-state index in [-0.39, 0.29) is 32.1 Å². The van der Waals surface area contributed by atoms with E-state index in [4.69, 9.17) is 9.47 Å². The molecule has 2 amide bonds. The molecule has 1 heterocycles. The number of hydrogen-bond donors (Lipinski definition) is 2. The van der Waals surface area contributed by atoms with Gasteiger partial charge in [-0.1, -0.05) is 55.5 Å². The molecular weight excluding hydrogens is 448 g/mol. The molecule has 186 valence electrons. The number of hydrogen-bond acceptors (Lipinski definition) is 5. The molecule has 0 saturated carbocycles. The second-order valence-electron chi connectivity index (χ2n) is 9.47. The first-order valence-electron chi connectivity index (χ1n) is 11.9. The summed E-state index contributed by atoms with van der Waals surface area (Å²) in [5.41, 5.74) is 1.69. The third-order valence-electron chi connectivity index (χ3n) is 7.42. The van der Waals surface area contributed by atoms with Gasteiger partial charge in [-0.05, 0) is 48.4 Å². The third kappa shape index (κ3) is 4.27. The normalized spacial score (nSPS) is 20.6. The van der Waals surface area contributed by atoms with Crippen LogP contribution in [-0.2, 0) is 19.1 Å². The fraction of sp³-hybridized carbons (Fsp3) is 0.444. The second kappa shape index (κ2) is 9.70. The van der Waals surface area contributed by atoms with Gasteiger partial charge in [-0.2, -0.15) is 0 Å². The third-order valence-corrected chi connectivity index (χ3v) is 7.42. The number of nitrogens with zero attached hydrogens (tertiary/aromatic N) is 1. The van der Waals surface area contributed by atoms with Crippen LogP contribution in [0.5, 0.6) is 0 Å². The molecule has 1 aliphatic heterocycles. The highest BCUT2D eigenvalue weighted by atomic mass is 16.5. The lowest BCUT2D eigenvalue weighted by Crippen LogP contribution is -2.64.